The van der Waals surface area contributed by atoms with Crippen LogP contribution < -0.4 is 16.0 Å². The quantitative estimate of drug-likeness (QED) is 0.600. The largest absolute Gasteiger partial charge is 0.344 e. The van der Waals surface area contributed by atoms with Crippen LogP contribution in [-0.2, 0) is 4.79 Å². The molecule has 0 atom stereocenters. The van der Waals surface area contributed by atoms with E-state index < -0.39 is 0 Å². The number of allylic oxidation sites excluding steroid dienone is 2. The molecule has 0 radical (unpaired) electrons. The first kappa shape index (κ1) is 18.4. The van der Waals surface area contributed by atoms with Crippen molar-refractivity contribution in [2.24, 2.45) is 5.92 Å². The van der Waals surface area contributed by atoms with E-state index in [1.807, 2.05) is 0 Å². The Morgan fingerprint density at radius 3 is 2.63 bits per heavy atom. The summed E-state index contributed by atoms with van der Waals surface area (Å²) < 4.78 is 0. The Hall–Kier alpha value is -1.99. The zero-order valence-electron chi connectivity index (χ0n) is 15.5. The normalized spacial score (nSPS) is 24.0. The van der Waals surface area contributed by atoms with Crippen LogP contribution in [0.5, 0.6) is 0 Å². The minimum Gasteiger partial charge on any atom is -0.344 e. The van der Waals surface area contributed by atoms with Crippen molar-refractivity contribution in [1.29, 1.82) is 5.41 Å². The van der Waals surface area contributed by atoms with E-state index in [2.05, 4.69) is 21.3 Å². The number of nitrogens with one attached hydrogen (secondary N) is 4. The van der Waals surface area contributed by atoms with Crippen LogP contribution in [0.25, 0.3) is 5.57 Å². The Kier molecular flexibility index (Phi) is 5.69. The average molecular weight is 386 g/mol. The van der Waals surface area contributed by atoms with Crippen molar-refractivity contribution >= 4 is 29.0 Å². The molecule has 4 rings (SSSR count). The zero-order chi connectivity index (χ0) is 18.6. The van der Waals surface area contributed by atoms with E-state index in [-0.39, 0.29) is 5.91 Å². The molecule has 6 nitrogen and oxygen atoms in total. The third-order valence-corrected chi connectivity index (χ3v) is 6.67. The summed E-state index contributed by atoms with van der Waals surface area (Å²) in [5, 5.41) is 20.5. The number of amides is 1. The Morgan fingerprint density at radius 2 is 1.89 bits per heavy atom. The van der Waals surface area contributed by atoms with E-state index in [0.29, 0.717) is 23.2 Å². The summed E-state index contributed by atoms with van der Waals surface area (Å²) in [6.07, 6.45) is 11.3. The van der Waals surface area contributed by atoms with Crippen molar-refractivity contribution in [2.75, 3.05) is 13.1 Å². The first-order chi connectivity index (χ1) is 13.2. The van der Waals surface area contributed by atoms with E-state index in [9.17, 15) is 4.79 Å². The third kappa shape index (κ3) is 4.14. The number of carbonyl (C=O) groups is 1. The number of hydrogen-bond acceptors (Lipinski definition) is 6. The second-order valence-electron chi connectivity index (χ2n) is 7.58. The minimum atomic E-state index is -0.124. The van der Waals surface area contributed by atoms with Gasteiger partial charge >= 0.3 is 0 Å². The fraction of sp³-hybridized carbons (Fsp3) is 0.550. The third-order valence-electron chi connectivity index (χ3n) is 5.77. The van der Waals surface area contributed by atoms with E-state index in [1.165, 1.54) is 38.3 Å². The Labute approximate surface area is 164 Å². The fourth-order valence-electron chi connectivity index (χ4n) is 4.24. The highest BCUT2D eigenvalue weighted by molar-refractivity contribution is 7.11. The number of hydrogen-bond donors (Lipinski definition) is 4. The van der Waals surface area contributed by atoms with Crippen molar-refractivity contribution in [3.05, 3.63) is 33.7 Å². The van der Waals surface area contributed by atoms with E-state index >= 15 is 0 Å². The molecule has 0 unspecified atom stereocenters. The first-order valence-electron chi connectivity index (χ1n) is 9.95. The second kappa shape index (κ2) is 8.35. The fourth-order valence-corrected chi connectivity index (χ4v) is 5.16. The lowest BCUT2D eigenvalue weighted by atomic mass is 9.87. The van der Waals surface area contributed by atoms with Crippen LogP contribution in [-0.4, -0.2) is 30.2 Å². The van der Waals surface area contributed by atoms with Crippen LogP contribution in [0.1, 0.15) is 61.6 Å². The lowest BCUT2D eigenvalue weighted by molar-refractivity contribution is -0.116. The minimum absolute atomic E-state index is 0.124. The van der Waals surface area contributed by atoms with Gasteiger partial charge in [0.05, 0.1) is 11.3 Å². The summed E-state index contributed by atoms with van der Waals surface area (Å²) in [5.74, 6) is 1.37. The van der Waals surface area contributed by atoms with Gasteiger partial charge in [-0.15, -0.1) is 11.3 Å². The van der Waals surface area contributed by atoms with Crippen molar-refractivity contribution in [3.8, 4) is 0 Å². The lowest BCUT2D eigenvalue weighted by Gasteiger charge is -2.29. The molecule has 1 aliphatic carbocycles. The molecular weight excluding hydrogens is 358 g/mol. The maximum atomic E-state index is 12.3. The number of piperidine rings is 1. The molecule has 1 amide bonds. The number of nitrogens with zero attached hydrogens (tertiary/aromatic N) is 1. The zero-order valence-corrected chi connectivity index (χ0v) is 16.3. The SMILES string of the molecule is N=C/C(=C1/NC(=O)C=C(C2CCNCC2)N1)c1nc(C2CCCCC2)cs1. The number of rotatable bonds is 4. The maximum Gasteiger partial charge on any atom is 0.251 e. The molecule has 0 aromatic carbocycles. The Morgan fingerprint density at radius 1 is 1.11 bits per heavy atom. The van der Waals surface area contributed by atoms with Crippen LogP contribution in [0.2, 0.25) is 0 Å². The summed E-state index contributed by atoms with van der Waals surface area (Å²) in [6.45, 7) is 1.94. The topological polar surface area (TPSA) is 89.9 Å². The molecule has 0 spiro atoms. The van der Waals surface area contributed by atoms with Gasteiger partial charge in [-0.1, -0.05) is 19.3 Å². The Balaban J connectivity index is 1.58. The predicted molar refractivity (Wildman–Crippen MR) is 109 cm³/mol. The van der Waals surface area contributed by atoms with Gasteiger partial charge in [0, 0.05) is 35.2 Å². The van der Waals surface area contributed by atoms with Gasteiger partial charge in [-0.25, -0.2) is 4.98 Å². The van der Waals surface area contributed by atoms with Gasteiger partial charge < -0.3 is 21.4 Å². The van der Waals surface area contributed by atoms with E-state index in [0.717, 1.165) is 42.3 Å². The van der Waals surface area contributed by atoms with E-state index in [4.69, 9.17) is 10.4 Å². The molecule has 27 heavy (non-hydrogen) atoms. The molecule has 1 saturated heterocycles. The maximum absolute atomic E-state index is 12.3. The van der Waals surface area contributed by atoms with Gasteiger partial charge in [0.2, 0.25) is 0 Å². The van der Waals surface area contributed by atoms with Crippen LogP contribution in [0, 0.1) is 11.3 Å². The van der Waals surface area contributed by atoms with Crippen LogP contribution in [0.4, 0.5) is 0 Å². The van der Waals surface area contributed by atoms with Crippen molar-refractivity contribution in [1.82, 2.24) is 20.9 Å². The monoisotopic (exact) mass is 385 g/mol. The Bertz CT molecular complexity index is 769. The highest BCUT2D eigenvalue weighted by Gasteiger charge is 2.26. The summed E-state index contributed by atoms with van der Waals surface area (Å²) >= 11 is 1.57. The van der Waals surface area contributed by atoms with Crippen LogP contribution in [0.3, 0.4) is 0 Å². The molecule has 2 aliphatic heterocycles. The summed E-state index contributed by atoms with van der Waals surface area (Å²) in [4.78, 5) is 17.1. The van der Waals surface area contributed by atoms with Gasteiger partial charge in [0.1, 0.15) is 10.8 Å². The molecule has 2 fully saturated rings. The predicted octanol–water partition coefficient (Wildman–Crippen LogP) is 3.11. The van der Waals surface area contributed by atoms with Gasteiger partial charge in [0.15, 0.2) is 0 Å². The molecule has 1 aromatic rings. The van der Waals surface area contributed by atoms with Crippen molar-refractivity contribution < 1.29 is 4.79 Å². The van der Waals surface area contributed by atoms with Gasteiger partial charge in [-0.05, 0) is 38.8 Å². The first-order valence-corrected chi connectivity index (χ1v) is 10.8. The van der Waals surface area contributed by atoms with Crippen molar-refractivity contribution in [2.45, 2.75) is 50.9 Å². The standard InChI is InChI=1S/C20H27N5OS/c21-11-15(20-24-17(12-27-20)13-4-2-1-3-5-13)19-23-16(10-18(26)25-19)14-6-8-22-9-7-14/h10-14,21-23H,1-9H2,(H,25,26)/b19-15-,21-11?. The molecule has 0 bridgehead atoms. The second-order valence-corrected chi connectivity index (χ2v) is 8.44. The molecule has 3 aliphatic rings. The highest BCUT2D eigenvalue weighted by Crippen LogP contribution is 2.34. The average Bonchev–Trinajstić information content (AvgIpc) is 3.19. The van der Waals surface area contributed by atoms with Crippen LogP contribution in [0.15, 0.2) is 23.0 Å². The summed E-state index contributed by atoms with van der Waals surface area (Å²) in [6, 6.07) is 0. The number of thiazole rings is 1. The van der Waals surface area contributed by atoms with Gasteiger partial charge in [-0.2, -0.15) is 0 Å². The van der Waals surface area contributed by atoms with E-state index in [1.54, 1.807) is 17.4 Å². The molecule has 1 aromatic heterocycles. The number of aromatic nitrogens is 1. The molecular formula is C20H27N5OS. The van der Waals surface area contributed by atoms with Crippen LogP contribution >= 0.6 is 11.3 Å². The molecule has 3 heterocycles. The molecule has 1 saturated carbocycles. The summed E-state index contributed by atoms with van der Waals surface area (Å²) in [5.41, 5.74) is 2.76. The van der Waals surface area contributed by atoms with Gasteiger partial charge in [-0.3, -0.25) is 4.79 Å². The smallest absolute Gasteiger partial charge is 0.251 e. The number of carbonyl (C=O) groups excluding carboxylic acids is 1. The molecule has 144 valence electrons. The highest BCUT2D eigenvalue weighted by atomic mass is 32.1. The summed E-state index contributed by atoms with van der Waals surface area (Å²) in [7, 11) is 0. The van der Waals surface area contributed by atoms with Crippen molar-refractivity contribution in [3.63, 3.8) is 0 Å². The lowest BCUT2D eigenvalue weighted by Crippen LogP contribution is -2.41. The van der Waals surface area contributed by atoms with Gasteiger partial charge in [0.25, 0.3) is 5.91 Å². The molecule has 7 heteroatoms. The molecule has 4 N–H and O–H groups in total.